The quantitative estimate of drug-likeness (QED) is 0.584. The number of pyridine rings is 1. The number of carbonyl (C=O) groups excluding carboxylic acids is 1. The van der Waals surface area contributed by atoms with E-state index in [4.69, 9.17) is 11.5 Å². The molecule has 0 saturated heterocycles. The van der Waals surface area contributed by atoms with Crippen LogP contribution in [0.3, 0.4) is 0 Å². The molecule has 4 heteroatoms. The minimum Gasteiger partial charge on any atom is -0.399 e. The third-order valence-corrected chi connectivity index (χ3v) is 2.25. The first-order chi connectivity index (χ1) is 7.68. The number of rotatable bonds is 2. The summed E-state index contributed by atoms with van der Waals surface area (Å²) in [5.74, 6) is -0.169. The summed E-state index contributed by atoms with van der Waals surface area (Å²) in [5, 5.41) is 0. The highest BCUT2D eigenvalue weighted by Crippen LogP contribution is 2.19. The fourth-order valence-corrected chi connectivity index (χ4v) is 1.42. The van der Waals surface area contributed by atoms with Gasteiger partial charge in [-0.15, -0.1) is 0 Å². The maximum absolute atomic E-state index is 12.0. The zero-order valence-corrected chi connectivity index (χ0v) is 8.55. The maximum Gasteiger partial charge on any atom is 0.196 e. The van der Waals surface area contributed by atoms with E-state index in [0.29, 0.717) is 22.5 Å². The minimum absolute atomic E-state index is 0.169. The Bertz CT molecular complexity index is 523. The van der Waals surface area contributed by atoms with Gasteiger partial charge in [-0.1, -0.05) is 0 Å². The van der Waals surface area contributed by atoms with E-state index in [1.165, 1.54) is 6.20 Å². The molecular formula is C12H11N3O. The molecule has 0 bridgehead atoms. The highest BCUT2D eigenvalue weighted by Gasteiger charge is 2.12. The van der Waals surface area contributed by atoms with Crippen molar-refractivity contribution in [2.24, 2.45) is 0 Å². The summed E-state index contributed by atoms with van der Waals surface area (Å²) in [7, 11) is 0. The van der Waals surface area contributed by atoms with Crippen LogP contribution in [0.25, 0.3) is 0 Å². The smallest absolute Gasteiger partial charge is 0.196 e. The van der Waals surface area contributed by atoms with Crippen LogP contribution in [0.15, 0.2) is 42.7 Å². The number of hydrogen-bond acceptors (Lipinski definition) is 4. The summed E-state index contributed by atoms with van der Waals surface area (Å²) < 4.78 is 0. The van der Waals surface area contributed by atoms with Crippen molar-refractivity contribution in [3.8, 4) is 0 Å². The van der Waals surface area contributed by atoms with Crippen LogP contribution in [0.5, 0.6) is 0 Å². The first kappa shape index (κ1) is 10.2. The van der Waals surface area contributed by atoms with Gasteiger partial charge < -0.3 is 11.5 Å². The van der Waals surface area contributed by atoms with E-state index in [-0.39, 0.29) is 5.78 Å². The lowest BCUT2D eigenvalue weighted by Gasteiger charge is -2.05. The van der Waals surface area contributed by atoms with Gasteiger partial charge in [0.15, 0.2) is 5.78 Å². The molecule has 1 aromatic carbocycles. The third kappa shape index (κ3) is 1.86. The number of aromatic nitrogens is 1. The molecule has 0 radical (unpaired) electrons. The molecular weight excluding hydrogens is 202 g/mol. The molecule has 80 valence electrons. The fraction of sp³-hybridized carbons (Fsp3) is 0. The van der Waals surface area contributed by atoms with E-state index in [2.05, 4.69) is 4.98 Å². The average Bonchev–Trinajstić information content (AvgIpc) is 2.32. The number of nitrogen functional groups attached to an aromatic ring is 2. The van der Waals surface area contributed by atoms with Gasteiger partial charge in [-0.2, -0.15) is 0 Å². The highest BCUT2D eigenvalue weighted by molar-refractivity contribution is 6.12. The summed E-state index contributed by atoms with van der Waals surface area (Å²) >= 11 is 0. The number of hydrogen-bond donors (Lipinski definition) is 2. The molecule has 2 aromatic rings. The van der Waals surface area contributed by atoms with Crippen LogP contribution in [0.2, 0.25) is 0 Å². The second-order valence-electron chi connectivity index (χ2n) is 3.42. The lowest BCUT2D eigenvalue weighted by Crippen LogP contribution is -2.06. The van der Waals surface area contributed by atoms with Crippen LogP contribution in [0, 0.1) is 0 Å². The number of carbonyl (C=O) groups is 1. The van der Waals surface area contributed by atoms with Crippen molar-refractivity contribution in [3.05, 3.63) is 53.9 Å². The van der Waals surface area contributed by atoms with Crippen LogP contribution in [0.1, 0.15) is 15.9 Å². The molecule has 0 spiro atoms. The zero-order chi connectivity index (χ0) is 11.5. The molecule has 0 amide bonds. The molecule has 0 aliphatic rings. The first-order valence-corrected chi connectivity index (χ1v) is 4.78. The zero-order valence-electron chi connectivity index (χ0n) is 8.55. The average molecular weight is 213 g/mol. The summed E-state index contributed by atoms with van der Waals surface area (Å²) in [6.45, 7) is 0. The molecule has 0 saturated carbocycles. The van der Waals surface area contributed by atoms with Gasteiger partial charge in [-0.05, 0) is 30.3 Å². The molecule has 4 nitrogen and oxygen atoms in total. The molecule has 0 fully saturated rings. The van der Waals surface area contributed by atoms with Gasteiger partial charge in [-0.25, -0.2) is 0 Å². The molecule has 0 aliphatic carbocycles. The summed E-state index contributed by atoms with van der Waals surface area (Å²) in [6, 6.07) is 8.26. The Morgan fingerprint density at radius 3 is 2.69 bits per heavy atom. The molecule has 0 unspecified atom stereocenters. The van der Waals surface area contributed by atoms with Gasteiger partial charge in [-0.3, -0.25) is 9.78 Å². The van der Waals surface area contributed by atoms with Gasteiger partial charge >= 0.3 is 0 Å². The molecule has 1 heterocycles. The summed E-state index contributed by atoms with van der Waals surface area (Å²) in [5.41, 5.74) is 13.2. The van der Waals surface area contributed by atoms with Crippen molar-refractivity contribution < 1.29 is 4.79 Å². The summed E-state index contributed by atoms with van der Waals surface area (Å²) in [6.07, 6.45) is 3.12. The van der Waals surface area contributed by atoms with Crippen LogP contribution in [-0.4, -0.2) is 10.8 Å². The topological polar surface area (TPSA) is 82.0 Å². The Balaban J connectivity index is 2.46. The lowest BCUT2D eigenvalue weighted by molar-refractivity contribution is 0.103. The molecule has 2 rings (SSSR count). The lowest BCUT2D eigenvalue weighted by atomic mass is 10.0. The van der Waals surface area contributed by atoms with E-state index >= 15 is 0 Å². The van der Waals surface area contributed by atoms with E-state index < -0.39 is 0 Å². The van der Waals surface area contributed by atoms with Crippen LogP contribution < -0.4 is 11.5 Å². The highest BCUT2D eigenvalue weighted by atomic mass is 16.1. The normalized spacial score (nSPS) is 10.0. The minimum atomic E-state index is -0.169. The Hall–Kier alpha value is -2.36. The molecule has 0 atom stereocenters. The number of anilines is 2. The Kier molecular flexibility index (Phi) is 2.55. The predicted octanol–water partition coefficient (Wildman–Crippen LogP) is 1.48. The van der Waals surface area contributed by atoms with E-state index in [1.807, 2.05) is 0 Å². The maximum atomic E-state index is 12.0. The van der Waals surface area contributed by atoms with Gasteiger partial charge in [0, 0.05) is 34.9 Å². The molecule has 4 N–H and O–H groups in total. The molecule has 1 aromatic heterocycles. The number of nitrogens with zero attached hydrogens (tertiary/aromatic N) is 1. The second-order valence-corrected chi connectivity index (χ2v) is 3.42. The Morgan fingerprint density at radius 1 is 1.19 bits per heavy atom. The number of benzene rings is 1. The van der Waals surface area contributed by atoms with Crippen molar-refractivity contribution in [3.63, 3.8) is 0 Å². The monoisotopic (exact) mass is 213 g/mol. The SMILES string of the molecule is Nc1ccc(N)c(C(=O)c2cccnc2)c1. The second kappa shape index (κ2) is 4.02. The van der Waals surface area contributed by atoms with Crippen molar-refractivity contribution in [1.82, 2.24) is 4.98 Å². The van der Waals surface area contributed by atoms with Crippen molar-refractivity contribution in [2.75, 3.05) is 11.5 Å². The third-order valence-electron chi connectivity index (χ3n) is 2.25. The van der Waals surface area contributed by atoms with Crippen LogP contribution in [-0.2, 0) is 0 Å². The molecule has 0 aliphatic heterocycles. The van der Waals surface area contributed by atoms with E-state index in [0.717, 1.165) is 0 Å². The Morgan fingerprint density at radius 2 is 2.00 bits per heavy atom. The van der Waals surface area contributed by atoms with Crippen molar-refractivity contribution in [1.29, 1.82) is 0 Å². The van der Waals surface area contributed by atoms with Gasteiger partial charge in [0.25, 0.3) is 0 Å². The largest absolute Gasteiger partial charge is 0.399 e. The summed E-state index contributed by atoms with van der Waals surface area (Å²) in [4.78, 5) is 15.9. The Labute approximate surface area is 92.9 Å². The predicted molar refractivity (Wildman–Crippen MR) is 62.9 cm³/mol. The van der Waals surface area contributed by atoms with Crippen molar-refractivity contribution >= 4 is 17.2 Å². The first-order valence-electron chi connectivity index (χ1n) is 4.78. The molecule has 16 heavy (non-hydrogen) atoms. The number of ketones is 1. The van der Waals surface area contributed by atoms with Gasteiger partial charge in [0.1, 0.15) is 0 Å². The van der Waals surface area contributed by atoms with Gasteiger partial charge in [0.05, 0.1) is 0 Å². The number of nitrogens with two attached hydrogens (primary N) is 2. The van der Waals surface area contributed by atoms with Crippen molar-refractivity contribution in [2.45, 2.75) is 0 Å². The standard InChI is InChI=1S/C12H11N3O/c13-9-3-4-11(14)10(6-9)12(16)8-2-1-5-15-7-8/h1-7H,13-14H2. The van der Waals surface area contributed by atoms with Gasteiger partial charge in [0.2, 0.25) is 0 Å². The van der Waals surface area contributed by atoms with Crippen LogP contribution >= 0.6 is 0 Å². The van der Waals surface area contributed by atoms with Crippen LogP contribution in [0.4, 0.5) is 11.4 Å². The fourth-order valence-electron chi connectivity index (χ4n) is 1.42. The van der Waals surface area contributed by atoms with E-state index in [9.17, 15) is 4.79 Å². The van der Waals surface area contributed by atoms with E-state index in [1.54, 1.807) is 36.5 Å².